The standard InChI is InChI=1S/C5H5ClN2O2/c6-5(4(9)10)3-7-1-2-8-5/h1-3,8H,(H,9,10). The Kier molecular flexibility index (Phi) is 1.63. The predicted octanol–water partition coefficient (Wildman–Crippen LogP) is 0.151. The number of hydrogen-bond donors (Lipinski definition) is 2. The first-order valence-corrected chi connectivity index (χ1v) is 2.92. The maximum Gasteiger partial charge on any atom is 0.351 e. The molecule has 1 aliphatic heterocycles. The molecule has 0 radical (unpaired) electrons. The van der Waals surface area contributed by atoms with Crippen LogP contribution in [0.5, 0.6) is 0 Å². The van der Waals surface area contributed by atoms with E-state index in [1.165, 1.54) is 12.4 Å². The second-order valence-electron chi connectivity index (χ2n) is 1.76. The van der Waals surface area contributed by atoms with Gasteiger partial charge in [-0.15, -0.1) is 0 Å². The van der Waals surface area contributed by atoms with Crippen LogP contribution in [0.25, 0.3) is 0 Å². The molecule has 1 atom stereocenters. The summed E-state index contributed by atoms with van der Waals surface area (Å²) >= 11 is 5.50. The molecule has 10 heavy (non-hydrogen) atoms. The van der Waals surface area contributed by atoms with E-state index in [1.54, 1.807) is 0 Å². The van der Waals surface area contributed by atoms with Gasteiger partial charge in [0.25, 0.3) is 0 Å². The van der Waals surface area contributed by atoms with E-state index >= 15 is 0 Å². The molecule has 1 heterocycles. The second kappa shape index (κ2) is 2.30. The first-order chi connectivity index (χ1) is 4.65. The molecule has 0 aliphatic carbocycles. The van der Waals surface area contributed by atoms with Gasteiger partial charge in [-0.2, -0.15) is 0 Å². The molecule has 0 fully saturated rings. The zero-order valence-corrected chi connectivity index (χ0v) is 5.67. The third kappa shape index (κ3) is 1.11. The van der Waals surface area contributed by atoms with Gasteiger partial charge in [-0.1, -0.05) is 11.6 Å². The number of alkyl halides is 1. The van der Waals surface area contributed by atoms with Gasteiger partial charge < -0.3 is 10.4 Å². The van der Waals surface area contributed by atoms with Crippen molar-refractivity contribution in [1.82, 2.24) is 5.32 Å². The van der Waals surface area contributed by atoms with Crippen molar-refractivity contribution in [3.05, 3.63) is 12.4 Å². The minimum atomic E-state index is -1.56. The van der Waals surface area contributed by atoms with Crippen molar-refractivity contribution in [2.45, 2.75) is 5.00 Å². The van der Waals surface area contributed by atoms with E-state index in [1.807, 2.05) is 0 Å². The van der Waals surface area contributed by atoms with Crippen molar-refractivity contribution in [3.8, 4) is 0 Å². The number of carboxylic acid groups (broad SMARTS) is 1. The summed E-state index contributed by atoms with van der Waals surface area (Å²) in [5.41, 5.74) is 0. The van der Waals surface area contributed by atoms with Gasteiger partial charge in [0.2, 0.25) is 5.00 Å². The Morgan fingerprint density at radius 2 is 2.50 bits per heavy atom. The van der Waals surface area contributed by atoms with E-state index in [9.17, 15) is 4.79 Å². The number of rotatable bonds is 1. The number of hydrogen-bond acceptors (Lipinski definition) is 3. The molecule has 0 aromatic rings. The molecule has 0 spiro atoms. The SMILES string of the molecule is O=C(O)C1(Cl)C=NC=CN1. The summed E-state index contributed by atoms with van der Waals surface area (Å²) in [5, 5.41) is 10.9. The number of nitrogens with one attached hydrogen (secondary N) is 1. The lowest BCUT2D eigenvalue weighted by Crippen LogP contribution is -2.46. The molecule has 4 nitrogen and oxygen atoms in total. The minimum Gasteiger partial charge on any atom is -0.478 e. The Balaban J connectivity index is 2.80. The lowest BCUT2D eigenvalue weighted by Gasteiger charge is -2.18. The summed E-state index contributed by atoms with van der Waals surface area (Å²) in [6.07, 6.45) is 3.92. The molecular weight excluding hydrogens is 156 g/mol. The Hall–Kier alpha value is -1.03. The van der Waals surface area contributed by atoms with Gasteiger partial charge in [-0.05, 0) is 0 Å². The summed E-state index contributed by atoms with van der Waals surface area (Å²) < 4.78 is 0. The highest BCUT2D eigenvalue weighted by atomic mass is 35.5. The molecule has 2 N–H and O–H groups in total. The number of carbonyl (C=O) groups is 1. The Labute approximate surface area is 62.2 Å². The molecule has 0 aromatic heterocycles. The van der Waals surface area contributed by atoms with Gasteiger partial charge in [0.1, 0.15) is 0 Å². The number of carboxylic acids is 1. The van der Waals surface area contributed by atoms with Crippen molar-refractivity contribution in [1.29, 1.82) is 0 Å². The molecule has 1 unspecified atom stereocenters. The molecule has 54 valence electrons. The van der Waals surface area contributed by atoms with Crippen LogP contribution in [-0.4, -0.2) is 22.3 Å². The zero-order chi connectivity index (χ0) is 7.61. The molecule has 0 saturated heterocycles. The maximum atomic E-state index is 10.4. The molecule has 0 bridgehead atoms. The zero-order valence-electron chi connectivity index (χ0n) is 4.91. The third-order valence-corrected chi connectivity index (χ3v) is 1.39. The quantitative estimate of drug-likeness (QED) is 0.424. The molecule has 0 aromatic carbocycles. The first-order valence-electron chi connectivity index (χ1n) is 2.54. The van der Waals surface area contributed by atoms with Crippen LogP contribution < -0.4 is 5.32 Å². The van der Waals surface area contributed by atoms with Gasteiger partial charge >= 0.3 is 5.97 Å². The molecule has 0 amide bonds. The number of nitrogens with zero attached hydrogens (tertiary/aromatic N) is 1. The Morgan fingerprint density at radius 3 is 2.80 bits per heavy atom. The number of aliphatic carboxylic acids is 1. The van der Waals surface area contributed by atoms with E-state index in [0.717, 1.165) is 6.21 Å². The summed E-state index contributed by atoms with van der Waals surface area (Å²) in [5.74, 6) is -1.16. The fourth-order valence-corrected chi connectivity index (χ4v) is 0.621. The Morgan fingerprint density at radius 1 is 1.80 bits per heavy atom. The van der Waals surface area contributed by atoms with E-state index < -0.39 is 11.0 Å². The lowest BCUT2D eigenvalue weighted by atomic mass is 10.3. The van der Waals surface area contributed by atoms with Crippen molar-refractivity contribution in [3.63, 3.8) is 0 Å². The van der Waals surface area contributed by atoms with E-state index in [0.29, 0.717) is 0 Å². The van der Waals surface area contributed by atoms with Crippen LogP contribution >= 0.6 is 11.6 Å². The number of halogens is 1. The average Bonchev–Trinajstić information content (AvgIpc) is 1.89. The largest absolute Gasteiger partial charge is 0.478 e. The van der Waals surface area contributed by atoms with Crippen LogP contribution in [0, 0.1) is 0 Å². The summed E-state index contributed by atoms with van der Waals surface area (Å²) in [7, 11) is 0. The van der Waals surface area contributed by atoms with Crippen LogP contribution in [0.4, 0.5) is 0 Å². The van der Waals surface area contributed by atoms with Crippen LogP contribution in [0.1, 0.15) is 0 Å². The van der Waals surface area contributed by atoms with E-state index in [2.05, 4.69) is 10.3 Å². The van der Waals surface area contributed by atoms with Gasteiger partial charge in [0.15, 0.2) is 0 Å². The van der Waals surface area contributed by atoms with Gasteiger partial charge in [-0.3, -0.25) is 4.99 Å². The molecule has 0 saturated carbocycles. The normalized spacial score (nSPS) is 29.7. The minimum absolute atomic E-state index is 1.12. The predicted molar refractivity (Wildman–Crippen MR) is 37.0 cm³/mol. The maximum absolute atomic E-state index is 10.4. The smallest absolute Gasteiger partial charge is 0.351 e. The highest BCUT2D eigenvalue weighted by Crippen LogP contribution is 2.10. The second-order valence-corrected chi connectivity index (χ2v) is 2.35. The first kappa shape index (κ1) is 7.08. The van der Waals surface area contributed by atoms with Crippen molar-refractivity contribution >= 4 is 23.8 Å². The molecule has 1 aliphatic rings. The molecule has 1 rings (SSSR count). The fourth-order valence-electron chi connectivity index (χ4n) is 0.502. The summed E-state index contributed by atoms with van der Waals surface area (Å²) in [6.45, 7) is 0. The van der Waals surface area contributed by atoms with Crippen LogP contribution in [-0.2, 0) is 4.79 Å². The van der Waals surface area contributed by atoms with Crippen molar-refractivity contribution in [2.75, 3.05) is 0 Å². The summed E-state index contributed by atoms with van der Waals surface area (Å²) in [6, 6.07) is 0. The van der Waals surface area contributed by atoms with E-state index in [4.69, 9.17) is 16.7 Å². The van der Waals surface area contributed by atoms with Gasteiger partial charge in [0.05, 0.1) is 6.21 Å². The summed E-state index contributed by atoms with van der Waals surface area (Å²) in [4.78, 5) is 12.4. The van der Waals surface area contributed by atoms with Crippen molar-refractivity contribution in [2.24, 2.45) is 4.99 Å². The van der Waals surface area contributed by atoms with E-state index in [-0.39, 0.29) is 0 Å². The van der Waals surface area contributed by atoms with Crippen molar-refractivity contribution < 1.29 is 9.90 Å². The highest BCUT2D eigenvalue weighted by molar-refractivity contribution is 6.42. The monoisotopic (exact) mass is 160 g/mol. The Bertz CT molecular complexity index is 214. The molecular formula is C5H5ClN2O2. The van der Waals surface area contributed by atoms with Gasteiger partial charge in [0, 0.05) is 12.4 Å². The lowest BCUT2D eigenvalue weighted by molar-refractivity contribution is -0.138. The van der Waals surface area contributed by atoms with Gasteiger partial charge in [-0.25, -0.2) is 4.79 Å². The highest BCUT2D eigenvalue weighted by Gasteiger charge is 2.33. The molecule has 5 heteroatoms. The van der Waals surface area contributed by atoms with Crippen LogP contribution in [0.2, 0.25) is 0 Å². The van der Waals surface area contributed by atoms with Crippen LogP contribution in [0.15, 0.2) is 17.4 Å². The number of aliphatic imine (C=N–C) groups is 1. The van der Waals surface area contributed by atoms with Crippen LogP contribution in [0.3, 0.4) is 0 Å². The fraction of sp³-hybridized carbons (Fsp3) is 0.200. The average molecular weight is 161 g/mol. The topological polar surface area (TPSA) is 61.7 Å². The third-order valence-electron chi connectivity index (χ3n) is 1.02.